The number of hydrogen-bond donors (Lipinski definition) is 0. The molecule has 0 fully saturated rings. The first-order valence-corrected chi connectivity index (χ1v) is 7.87. The fourth-order valence-corrected chi connectivity index (χ4v) is 3.42. The van der Waals surface area contributed by atoms with Crippen molar-refractivity contribution >= 4 is 11.6 Å². The van der Waals surface area contributed by atoms with Crippen molar-refractivity contribution in [2.45, 2.75) is 19.4 Å². The number of hydrazone groups is 1. The molecular formula is C19H18N2O3. The Morgan fingerprint density at radius 2 is 1.83 bits per heavy atom. The molecule has 24 heavy (non-hydrogen) atoms. The van der Waals surface area contributed by atoms with Crippen LogP contribution in [0.5, 0.6) is 11.5 Å². The van der Waals surface area contributed by atoms with Crippen LogP contribution in [-0.4, -0.2) is 30.8 Å². The third kappa shape index (κ3) is 2.01. The zero-order valence-corrected chi connectivity index (χ0v) is 13.9. The highest BCUT2D eigenvalue weighted by molar-refractivity contribution is 6.09. The van der Waals surface area contributed by atoms with E-state index < -0.39 is 0 Å². The summed E-state index contributed by atoms with van der Waals surface area (Å²) in [4.78, 5) is 12.8. The average Bonchev–Trinajstić information content (AvgIpc) is 3.14. The van der Waals surface area contributed by atoms with Gasteiger partial charge in [0.2, 0.25) is 0 Å². The molecule has 2 aromatic carbocycles. The van der Waals surface area contributed by atoms with Gasteiger partial charge in [0.1, 0.15) is 0 Å². The lowest BCUT2D eigenvalue weighted by Crippen LogP contribution is -2.18. The van der Waals surface area contributed by atoms with Crippen LogP contribution in [0.4, 0.5) is 0 Å². The lowest BCUT2D eigenvalue weighted by molar-refractivity contribution is 0.0753. The zero-order valence-electron chi connectivity index (χ0n) is 13.9. The van der Waals surface area contributed by atoms with E-state index in [0.29, 0.717) is 23.5 Å². The molecule has 0 saturated carbocycles. The van der Waals surface area contributed by atoms with Gasteiger partial charge in [-0.3, -0.25) is 4.79 Å². The Balaban J connectivity index is 1.74. The number of ether oxygens (including phenoxy) is 2. The minimum Gasteiger partial charge on any atom is -0.493 e. The summed E-state index contributed by atoms with van der Waals surface area (Å²) in [5, 5.41) is 6.15. The van der Waals surface area contributed by atoms with E-state index in [4.69, 9.17) is 9.47 Å². The number of benzene rings is 2. The molecule has 0 aromatic heterocycles. The maximum Gasteiger partial charge on any atom is 0.278 e. The number of amides is 1. The lowest BCUT2D eigenvalue weighted by atomic mass is 9.97. The van der Waals surface area contributed by atoms with E-state index in [1.54, 1.807) is 19.2 Å². The van der Waals surface area contributed by atoms with Crippen molar-refractivity contribution in [2.24, 2.45) is 5.10 Å². The largest absolute Gasteiger partial charge is 0.493 e. The number of carbonyl (C=O) groups excluding carboxylic acids is 1. The SMILES string of the molecule is COc1ccc2c(c1OC)C(=O)N1N=C(c3ccc(C)cc3)CC21. The molecule has 2 aromatic rings. The van der Waals surface area contributed by atoms with Crippen LogP contribution in [0.15, 0.2) is 41.5 Å². The first-order chi connectivity index (χ1) is 11.6. The first-order valence-electron chi connectivity index (χ1n) is 7.87. The Morgan fingerprint density at radius 1 is 1.08 bits per heavy atom. The van der Waals surface area contributed by atoms with Crippen LogP contribution in [-0.2, 0) is 0 Å². The molecular weight excluding hydrogens is 304 g/mol. The molecule has 0 spiro atoms. The minimum absolute atomic E-state index is 0.0661. The number of hydrogen-bond acceptors (Lipinski definition) is 4. The summed E-state index contributed by atoms with van der Waals surface area (Å²) in [7, 11) is 3.12. The highest BCUT2D eigenvalue weighted by Gasteiger charge is 2.44. The third-order valence-electron chi connectivity index (χ3n) is 4.65. The second-order valence-electron chi connectivity index (χ2n) is 6.05. The molecule has 0 N–H and O–H groups in total. The Labute approximate surface area is 140 Å². The Bertz CT molecular complexity index is 856. The van der Waals surface area contributed by atoms with Crippen LogP contribution in [0.25, 0.3) is 0 Å². The molecule has 1 atom stereocenters. The van der Waals surface area contributed by atoms with Crippen LogP contribution in [0.1, 0.15) is 39.5 Å². The molecule has 0 radical (unpaired) electrons. The topological polar surface area (TPSA) is 51.1 Å². The van der Waals surface area contributed by atoms with Gasteiger partial charge in [-0.1, -0.05) is 35.9 Å². The van der Waals surface area contributed by atoms with Crippen LogP contribution in [0.2, 0.25) is 0 Å². The van der Waals surface area contributed by atoms with Crippen LogP contribution >= 0.6 is 0 Å². The second kappa shape index (κ2) is 5.37. The smallest absolute Gasteiger partial charge is 0.278 e. The molecule has 2 heterocycles. The van der Waals surface area contributed by atoms with Gasteiger partial charge in [0, 0.05) is 6.42 Å². The van der Waals surface area contributed by atoms with Gasteiger partial charge in [-0.25, -0.2) is 5.01 Å². The Hall–Kier alpha value is -2.82. The van der Waals surface area contributed by atoms with Crippen LogP contribution in [0.3, 0.4) is 0 Å². The summed E-state index contributed by atoms with van der Waals surface area (Å²) >= 11 is 0. The first kappa shape index (κ1) is 14.8. The van der Waals surface area contributed by atoms with Crippen molar-refractivity contribution in [1.82, 2.24) is 5.01 Å². The summed E-state index contributed by atoms with van der Waals surface area (Å²) < 4.78 is 10.7. The number of methoxy groups -OCH3 is 2. The van der Waals surface area contributed by atoms with E-state index in [0.717, 1.165) is 16.8 Å². The highest BCUT2D eigenvalue weighted by Crippen LogP contribution is 2.47. The van der Waals surface area contributed by atoms with Gasteiger partial charge >= 0.3 is 0 Å². The molecule has 1 amide bonds. The quantitative estimate of drug-likeness (QED) is 0.871. The Kier molecular flexibility index (Phi) is 3.30. The van der Waals surface area contributed by atoms with Crippen LogP contribution in [0, 0.1) is 6.92 Å². The van der Waals surface area contributed by atoms with E-state index in [1.165, 1.54) is 5.56 Å². The maximum atomic E-state index is 12.8. The van der Waals surface area contributed by atoms with Crippen molar-refractivity contribution in [2.75, 3.05) is 14.2 Å². The van der Waals surface area contributed by atoms with E-state index in [9.17, 15) is 4.79 Å². The second-order valence-corrected chi connectivity index (χ2v) is 6.05. The van der Waals surface area contributed by atoms with Crippen molar-refractivity contribution in [3.63, 3.8) is 0 Å². The predicted molar refractivity (Wildman–Crippen MR) is 90.8 cm³/mol. The van der Waals surface area contributed by atoms with Gasteiger partial charge < -0.3 is 9.47 Å². The molecule has 2 aliphatic rings. The molecule has 4 rings (SSSR count). The number of aryl methyl sites for hydroxylation is 1. The van der Waals surface area contributed by atoms with Gasteiger partial charge in [0.25, 0.3) is 5.91 Å². The molecule has 122 valence electrons. The van der Waals surface area contributed by atoms with Crippen LogP contribution < -0.4 is 9.47 Å². The summed E-state index contributed by atoms with van der Waals surface area (Å²) in [6.45, 7) is 2.05. The summed E-state index contributed by atoms with van der Waals surface area (Å²) in [6, 6.07) is 11.9. The normalized spacial score (nSPS) is 18.3. The highest BCUT2D eigenvalue weighted by atomic mass is 16.5. The van der Waals surface area contributed by atoms with E-state index >= 15 is 0 Å². The van der Waals surface area contributed by atoms with E-state index in [1.807, 2.05) is 12.1 Å². The van der Waals surface area contributed by atoms with Gasteiger partial charge in [0.15, 0.2) is 11.5 Å². The van der Waals surface area contributed by atoms with Gasteiger partial charge in [-0.2, -0.15) is 5.10 Å². The number of rotatable bonds is 3. The lowest BCUT2D eigenvalue weighted by Gasteiger charge is -2.12. The zero-order chi connectivity index (χ0) is 16.8. The van der Waals surface area contributed by atoms with Crippen molar-refractivity contribution in [3.8, 4) is 11.5 Å². The molecule has 2 aliphatic heterocycles. The third-order valence-corrected chi connectivity index (χ3v) is 4.65. The van der Waals surface area contributed by atoms with Gasteiger partial charge in [-0.15, -0.1) is 0 Å². The summed E-state index contributed by atoms with van der Waals surface area (Å²) in [5.41, 5.74) is 4.71. The van der Waals surface area contributed by atoms with Crippen molar-refractivity contribution in [3.05, 3.63) is 58.7 Å². The summed E-state index contributed by atoms with van der Waals surface area (Å²) in [6.07, 6.45) is 0.706. The van der Waals surface area contributed by atoms with Crippen molar-refractivity contribution in [1.29, 1.82) is 0 Å². The van der Waals surface area contributed by atoms with Gasteiger partial charge in [0.05, 0.1) is 31.5 Å². The molecule has 0 bridgehead atoms. The maximum absolute atomic E-state index is 12.8. The standard InChI is InChI=1S/C19H18N2O3/c1-11-4-6-12(7-5-11)14-10-15-13-8-9-16(23-2)18(24-3)17(13)19(22)21(15)20-14/h4-9,15H,10H2,1-3H3. The minimum atomic E-state index is -0.132. The fourth-order valence-electron chi connectivity index (χ4n) is 3.42. The molecule has 0 aliphatic carbocycles. The molecule has 1 unspecified atom stereocenters. The molecule has 5 nitrogen and oxygen atoms in total. The fraction of sp³-hybridized carbons (Fsp3) is 0.263. The molecule has 5 heteroatoms. The summed E-state index contributed by atoms with van der Waals surface area (Å²) in [5.74, 6) is 0.919. The number of fused-ring (bicyclic) bond motifs is 3. The Morgan fingerprint density at radius 3 is 2.50 bits per heavy atom. The average molecular weight is 322 g/mol. The number of carbonyl (C=O) groups is 1. The van der Waals surface area contributed by atoms with E-state index in [-0.39, 0.29) is 11.9 Å². The van der Waals surface area contributed by atoms with Crippen molar-refractivity contribution < 1.29 is 14.3 Å². The predicted octanol–water partition coefficient (Wildman–Crippen LogP) is 3.32. The number of nitrogens with zero attached hydrogens (tertiary/aromatic N) is 2. The van der Waals surface area contributed by atoms with E-state index in [2.05, 4.69) is 36.3 Å². The molecule has 0 saturated heterocycles. The van der Waals surface area contributed by atoms with Gasteiger partial charge in [-0.05, 0) is 24.1 Å². The monoisotopic (exact) mass is 322 g/mol.